The van der Waals surface area contributed by atoms with E-state index in [0.29, 0.717) is 5.82 Å². The highest BCUT2D eigenvalue weighted by atomic mass is 79.9. The molecular formula is C13H12BrN3. The SMILES string of the molecule is Cc1nc(N)cc2c3cc(Br)ccc3n(C)c12. The molecule has 0 radical (unpaired) electrons. The first-order chi connectivity index (χ1) is 8.08. The van der Waals surface area contributed by atoms with Crippen molar-refractivity contribution in [2.75, 3.05) is 5.73 Å². The third kappa shape index (κ3) is 1.44. The second kappa shape index (κ2) is 3.47. The Kier molecular flexibility index (Phi) is 2.16. The van der Waals surface area contributed by atoms with E-state index in [1.165, 1.54) is 10.9 Å². The summed E-state index contributed by atoms with van der Waals surface area (Å²) in [4.78, 5) is 4.33. The topological polar surface area (TPSA) is 43.8 Å². The maximum Gasteiger partial charge on any atom is 0.124 e. The van der Waals surface area contributed by atoms with Gasteiger partial charge in [-0.25, -0.2) is 4.98 Å². The molecule has 2 aromatic heterocycles. The molecule has 0 fully saturated rings. The molecule has 0 aliphatic carbocycles. The lowest BCUT2D eigenvalue weighted by Crippen LogP contribution is -1.95. The Balaban J connectivity index is 2.64. The van der Waals surface area contributed by atoms with Crippen molar-refractivity contribution in [3.63, 3.8) is 0 Å². The number of nitrogen functional groups attached to an aromatic ring is 1. The van der Waals surface area contributed by atoms with Crippen LogP contribution in [0, 0.1) is 6.92 Å². The molecule has 0 amide bonds. The molecule has 0 bridgehead atoms. The number of aryl methyl sites for hydroxylation is 2. The average Bonchev–Trinajstić information content (AvgIpc) is 2.52. The molecule has 0 atom stereocenters. The van der Waals surface area contributed by atoms with Crippen LogP contribution in [-0.4, -0.2) is 9.55 Å². The number of aromatic nitrogens is 2. The van der Waals surface area contributed by atoms with Gasteiger partial charge < -0.3 is 10.3 Å². The van der Waals surface area contributed by atoms with Gasteiger partial charge in [-0.15, -0.1) is 0 Å². The number of fused-ring (bicyclic) bond motifs is 3. The molecule has 2 N–H and O–H groups in total. The lowest BCUT2D eigenvalue weighted by atomic mass is 10.1. The van der Waals surface area contributed by atoms with Crippen molar-refractivity contribution in [1.82, 2.24) is 9.55 Å². The fraction of sp³-hybridized carbons (Fsp3) is 0.154. The summed E-state index contributed by atoms with van der Waals surface area (Å²) in [6.45, 7) is 1.99. The van der Waals surface area contributed by atoms with E-state index in [-0.39, 0.29) is 0 Å². The maximum atomic E-state index is 5.83. The summed E-state index contributed by atoms with van der Waals surface area (Å²) in [5.74, 6) is 0.572. The number of nitrogens with two attached hydrogens (primary N) is 1. The fourth-order valence-electron chi connectivity index (χ4n) is 2.46. The summed E-state index contributed by atoms with van der Waals surface area (Å²) in [6.07, 6.45) is 0. The van der Waals surface area contributed by atoms with Crippen molar-refractivity contribution in [3.8, 4) is 0 Å². The van der Waals surface area contributed by atoms with Crippen LogP contribution in [0.15, 0.2) is 28.7 Å². The number of anilines is 1. The van der Waals surface area contributed by atoms with E-state index in [2.05, 4.69) is 44.7 Å². The van der Waals surface area contributed by atoms with Gasteiger partial charge in [0.05, 0.1) is 11.2 Å². The third-order valence-corrected chi connectivity index (χ3v) is 3.63. The van der Waals surface area contributed by atoms with Gasteiger partial charge in [0.25, 0.3) is 0 Å². The van der Waals surface area contributed by atoms with E-state index in [1.54, 1.807) is 0 Å². The van der Waals surface area contributed by atoms with Crippen LogP contribution in [0.25, 0.3) is 21.8 Å². The van der Waals surface area contributed by atoms with E-state index in [0.717, 1.165) is 21.1 Å². The maximum absolute atomic E-state index is 5.83. The van der Waals surface area contributed by atoms with Crippen LogP contribution < -0.4 is 5.73 Å². The number of nitrogens with zero attached hydrogens (tertiary/aromatic N) is 2. The summed E-state index contributed by atoms with van der Waals surface area (Å²) in [5.41, 5.74) is 9.14. The van der Waals surface area contributed by atoms with Crippen molar-refractivity contribution in [3.05, 3.63) is 34.4 Å². The van der Waals surface area contributed by atoms with Gasteiger partial charge in [0.1, 0.15) is 5.82 Å². The van der Waals surface area contributed by atoms with Crippen molar-refractivity contribution in [1.29, 1.82) is 0 Å². The minimum atomic E-state index is 0.572. The number of halogens is 1. The van der Waals surface area contributed by atoms with Crippen molar-refractivity contribution in [2.45, 2.75) is 6.92 Å². The largest absolute Gasteiger partial charge is 0.384 e. The Morgan fingerprint density at radius 3 is 2.76 bits per heavy atom. The standard InChI is InChI=1S/C13H12BrN3/c1-7-13-10(6-12(15)16-7)9-5-8(14)3-4-11(9)17(13)2/h3-6H,1-2H3,(H2,15,16). The zero-order chi connectivity index (χ0) is 12.2. The van der Waals surface area contributed by atoms with Gasteiger partial charge in [-0.05, 0) is 31.2 Å². The second-order valence-electron chi connectivity index (χ2n) is 4.25. The molecule has 4 heteroatoms. The van der Waals surface area contributed by atoms with E-state index < -0.39 is 0 Å². The molecule has 3 rings (SSSR count). The van der Waals surface area contributed by atoms with Crippen LogP contribution in [0.2, 0.25) is 0 Å². The molecule has 0 unspecified atom stereocenters. The smallest absolute Gasteiger partial charge is 0.124 e. The first kappa shape index (κ1) is 10.6. The quantitative estimate of drug-likeness (QED) is 0.689. The summed E-state index contributed by atoms with van der Waals surface area (Å²) >= 11 is 3.51. The monoisotopic (exact) mass is 289 g/mol. The highest BCUT2D eigenvalue weighted by Gasteiger charge is 2.11. The fourth-order valence-corrected chi connectivity index (χ4v) is 2.82. The molecule has 0 saturated heterocycles. The van der Waals surface area contributed by atoms with Crippen LogP contribution in [0.3, 0.4) is 0 Å². The van der Waals surface area contributed by atoms with Crippen molar-refractivity contribution >= 4 is 43.6 Å². The molecule has 17 heavy (non-hydrogen) atoms. The lowest BCUT2D eigenvalue weighted by molar-refractivity contribution is 0.998. The second-order valence-corrected chi connectivity index (χ2v) is 5.16. The molecular weight excluding hydrogens is 278 g/mol. The molecule has 3 aromatic rings. The van der Waals surface area contributed by atoms with Gasteiger partial charge in [-0.3, -0.25) is 0 Å². The Hall–Kier alpha value is -1.55. The average molecular weight is 290 g/mol. The van der Waals surface area contributed by atoms with E-state index in [9.17, 15) is 0 Å². The Labute approximate surface area is 107 Å². The zero-order valence-electron chi connectivity index (χ0n) is 9.66. The number of benzene rings is 1. The van der Waals surface area contributed by atoms with Gasteiger partial charge in [0, 0.05) is 27.8 Å². The van der Waals surface area contributed by atoms with Crippen LogP contribution in [-0.2, 0) is 7.05 Å². The van der Waals surface area contributed by atoms with Crippen LogP contribution in [0.5, 0.6) is 0 Å². The predicted molar refractivity (Wildman–Crippen MR) is 75.1 cm³/mol. The normalized spacial score (nSPS) is 11.5. The molecule has 0 aliphatic heterocycles. The summed E-state index contributed by atoms with van der Waals surface area (Å²) in [7, 11) is 2.06. The first-order valence-electron chi connectivity index (χ1n) is 5.38. The van der Waals surface area contributed by atoms with Crippen molar-refractivity contribution < 1.29 is 0 Å². The highest BCUT2D eigenvalue weighted by molar-refractivity contribution is 9.10. The van der Waals surface area contributed by atoms with E-state index >= 15 is 0 Å². The van der Waals surface area contributed by atoms with Gasteiger partial charge in [-0.2, -0.15) is 0 Å². The number of pyridine rings is 1. The minimum Gasteiger partial charge on any atom is -0.384 e. The summed E-state index contributed by atoms with van der Waals surface area (Å²) in [5, 5.41) is 2.36. The molecule has 0 saturated carbocycles. The number of hydrogen-bond acceptors (Lipinski definition) is 2. The number of rotatable bonds is 0. The van der Waals surface area contributed by atoms with E-state index in [1.807, 2.05) is 19.1 Å². The summed E-state index contributed by atoms with van der Waals surface area (Å²) < 4.78 is 3.24. The first-order valence-corrected chi connectivity index (χ1v) is 6.18. The van der Waals surface area contributed by atoms with Gasteiger partial charge in [0.2, 0.25) is 0 Å². The molecule has 1 aromatic carbocycles. The highest BCUT2D eigenvalue weighted by Crippen LogP contribution is 2.32. The molecule has 0 aliphatic rings. The van der Waals surface area contributed by atoms with Gasteiger partial charge >= 0.3 is 0 Å². The Bertz CT molecular complexity index is 743. The van der Waals surface area contributed by atoms with Crippen LogP contribution in [0.4, 0.5) is 5.82 Å². The Morgan fingerprint density at radius 2 is 2.00 bits per heavy atom. The molecule has 86 valence electrons. The molecule has 3 nitrogen and oxygen atoms in total. The van der Waals surface area contributed by atoms with Gasteiger partial charge in [-0.1, -0.05) is 15.9 Å². The summed E-state index contributed by atoms with van der Waals surface area (Å²) in [6, 6.07) is 8.22. The lowest BCUT2D eigenvalue weighted by Gasteiger charge is -2.01. The van der Waals surface area contributed by atoms with Gasteiger partial charge in [0.15, 0.2) is 0 Å². The van der Waals surface area contributed by atoms with E-state index in [4.69, 9.17) is 5.73 Å². The third-order valence-electron chi connectivity index (χ3n) is 3.13. The number of hydrogen-bond donors (Lipinski definition) is 1. The molecule has 0 spiro atoms. The minimum absolute atomic E-state index is 0.572. The molecule has 2 heterocycles. The van der Waals surface area contributed by atoms with Crippen LogP contribution in [0.1, 0.15) is 5.69 Å². The Morgan fingerprint density at radius 1 is 1.24 bits per heavy atom. The van der Waals surface area contributed by atoms with Crippen molar-refractivity contribution in [2.24, 2.45) is 7.05 Å². The zero-order valence-corrected chi connectivity index (χ0v) is 11.2. The predicted octanol–water partition coefficient (Wildman–Crippen LogP) is 3.38. The van der Waals surface area contributed by atoms with Crippen LogP contribution >= 0.6 is 15.9 Å².